The molecule has 146 valence electrons. The van der Waals surface area contributed by atoms with E-state index in [4.69, 9.17) is 37.4 Å². The van der Waals surface area contributed by atoms with Crippen molar-refractivity contribution in [3.63, 3.8) is 0 Å². The molecule has 2 rings (SSSR count). The Bertz CT molecular complexity index is 808. The van der Waals surface area contributed by atoms with E-state index in [-0.39, 0.29) is 24.9 Å². The van der Waals surface area contributed by atoms with Crippen LogP contribution in [0.25, 0.3) is 0 Å². The molecule has 1 heterocycles. The highest BCUT2D eigenvalue weighted by atomic mass is 35.5. The van der Waals surface area contributed by atoms with Crippen LogP contribution in [0.5, 0.6) is 5.75 Å². The van der Waals surface area contributed by atoms with Crippen LogP contribution in [0, 0.1) is 6.92 Å². The summed E-state index contributed by atoms with van der Waals surface area (Å²) < 4.78 is 15.9. The van der Waals surface area contributed by atoms with Crippen LogP contribution in [0.2, 0.25) is 9.49 Å². The van der Waals surface area contributed by atoms with Gasteiger partial charge >= 0.3 is 12.1 Å². The minimum Gasteiger partial charge on any atom is -0.486 e. The lowest BCUT2D eigenvalue weighted by Gasteiger charge is -2.23. The number of esters is 1. The summed E-state index contributed by atoms with van der Waals surface area (Å²) in [5.41, 5.74) is 1.28. The van der Waals surface area contributed by atoms with Gasteiger partial charge in [-0.25, -0.2) is 14.7 Å². The first-order valence-corrected chi connectivity index (χ1v) is 9.48. The summed E-state index contributed by atoms with van der Waals surface area (Å²) in [5, 5.41) is 0.900. The Morgan fingerprint density at radius 1 is 1.30 bits per heavy atom. The maximum Gasteiger partial charge on any atom is 0.416 e. The minimum absolute atomic E-state index is 0.213. The van der Waals surface area contributed by atoms with Crippen LogP contribution < -0.4 is 9.64 Å². The van der Waals surface area contributed by atoms with Gasteiger partial charge in [0.25, 0.3) is 0 Å². The molecule has 0 aliphatic carbocycles. The molecule has 27 heavy (non-hydrogen) atoms. The number of aryl methyl sites for hydroxylation is 1. The summed E-state index contributed by atoms with van der Waals surface area (Å²) in [5.74, 6) is 0.163. The third-order valence-corrected chi connectivity index (χ3v) is 5.16. The van der Waals surface area contributed by atoms with Crippen molar-refractivity contribution >= 4 is 52.3 Å². The second kappa shape index (κ2) is 9.77. The Morgan fingerprint density at radius 3 is 2.59 bits per heavy atom. The monoisotopic (exact) mass is 432 g/mol. The quantitative estimate of drug-likeness (QED) is 0.460. The summed E-state index contributed by atoms with van der Waals surface area (Å²) in [6, 6.07) is 5.13. The summed E-state index contributed by atoms with van der Waals surface area (Å²) in [6.07, 6.45) is -0.423. The number of aromatic nitrogens is 1. The Labute approximate surface area is 170 Å². The van der Waals surface area contributed by atoms with Crippen molar-refractivity contribution in [3.8, 4) is 5.75 Å². The van der Waals surface area contributed by atoms with Crippen LogP contribution in [0.1, 0.15) is 23.9 Å². The van der Waals surface area contributed by atoms with Gasteiger partial charge in [-0.15, -0.1) is 11.3 Å². The van der Waals surface area contributed by atoms with E-state index in [9.17, 15) is 9.59 Å². The Hall–Kier alpha value is -2.03. The molecule has 0 saturated carbocycles. The molecule has 0 spiro atoms. The minimum atomic E-state index is -0.636. The molecule has 0 aliphatic heterocycles. The van der Waals surface area contributed by atoms with E-state index in [1.54, 1.807) is 32.0 Å². The van der Waals surface area contributed by atoms with Gasteiger partial charge in [0, 0.05) is 6.42 Å². The van der Waals surface area contributed by atoms with Crippen LogP contribution in [0.3, 0.4) is 0 Å². The third kappa shape index (κ3) is 5.72. The lowest BCUT2D eigenvalue weighted by atomic mass is 10.2. The first-order chi connectivity index (χ1) is 12.8. The van der Waals surface area contributed by atoms with Gasteiger partial charge in [-0.2, -0.15) is 0 Å². The normalized spacial score (nSPS) is 10.4. The number of carbonyl (C=O) groups is 2. The number of benzene rings is 1. The van der Waals surface area contributed by atoms with Crippen LogP contribution in [0.4, 0.5) is 10.5 Å². The molecule has 1 aromatic carbocycles. The lowest BCUT2D eigenvalue weighted by Crippen LogP contribution is -2.34. The SMILES string of the molecule is CCC(=O)OCN(C(=O)OC)c1ccc(OCc2nc(Cl)c(Cl)s2)cc1C. The zero-order chi connectivity index (χ0) is 20.0. The van der Waals surface area contributed by atoms with E-state index >= 15 is 0 Å². The molecule has 0 fully saturated rings. The number of ether oxygens (including phenoxy) is 3. The number of hydrogen-bond acceptors (Lipinski definition) is 7. The fourth-order valence-electron chi connectivity index (χ4n) is 2.12. The molecule has 0 atom stereocenters. The van der Waals surface area contributed by atoms with E-state index in [0.717, 1.165) is 5.56 Å². The van der Waals surface area contributed by atoms with Crippen molar-refractivity contribution in [1.82, 2.24) is 4.98 Å². The average Bonchev–Trinajstić information content (AvgIpc) is 2.98. The second-order valence-corrected chi connectivity index (χ2v) is 7.35. The zero-order valence-corrected chi connectivity index (χ0v) is 17.3. The van der Waals surface area contributed by atoms with Crippen molar-refractivity contribution in [1.29, 1.82) is 0 Å². The molecular formula is C17H18Cl2N2O5S. The van der Waals surface area contributed by atoms with Gasteiger partial charge in [0.1, 0.15) is 21.7 Å². The van der Waals surface area contributed by atoms with Crippen LogP contribution in [-0.2, 0) is 20.9 Å². The molecule has 0 bridgehead atoms. The molecule has 2 aromatic rings. The van der Waals surface area contributed by atoms with Crippen LogP contribution in [-0.4, -0.2) is 30.9 Å². The molecule has 1 aromatic heterocycles. The number of methoxy groups -OCH3 is 1. The smallest absolute Gasteiger partial charge is 0.416 e. The first-order valence-electron chi connectivity index (χ1n) is 7.91. The van der Waals surface area contributed by atoms with Crippen LogP contribution >= 0.6 is 34.5 Å². The average molecular weight is 433 g/mol. The van der Waals surface area contributed by atoms with Crippen molar-refractivity contribution in [2.75, 3.05) is 18.7 Å². The molecule has 0 aliphatic rings. The highest BCUT2D eigenvalue weighted by Crippen LogP contribution is 2.30. The fraction of sp³-hybridized carbons (Fsp3) is 0.353. The lowest BCUT2D eigenvalue weighted by molar-refractivity contribution is -0.143. The molecule has 0 unspecified atom stereocenters. The Balaban J connectivity index is 2.11. The molecule has 10 heteroatoms. The number of amides is 1. The van der Waals surface area contributed by atoms with Gasteiger partial charge in [-0.05, 0) is 30.7 Å². The highest BCUT2D eigenvalue weighted by molar-refractivity contribution is 7.16. The van der Waals surface area contributed by atoms with Gasteiger partial charge in [-0.1, -0.05) is 30.1 Å². The Kier molecular flexibility index (Phi) is 7.70. The zero-order valence-electron chi connectivity index (χ0n) is 15.0. The van der Waals surface area contributed by atoms with Crippen LogP contribution in [0.15, 0.2) is 18.2 Å². The van der Waals surface area contributed by atoms with Crippen molar-refractivity contribution in [2.45, 2.75) is 26.9 Å². The predicted octanol–water partition coefficient (Wildman–Crippen LogP) is 4.82. The number of nitrogens with zero attached hydrogens (tertiary/aromatic N) is 2. The largest absolute Gasteiger partial charge is 0.486 e. The van der Waals surface area contributed by atoms with E-state index in [1.807, 2.05) is 0 Å². The molecule has 0 N–H and O–H groups in total. The van der Waals surface area contributed by atoms with E-state index < -0.39 is 12.1 Å². The standard InChI is InChI=1S/C17H18Cl2N2O5S/c1-4-14(22)26-9-21(17(23)24-3)12-6-5-11(7-10(12)2)25-8-13-20-15(18)16(19)27-13/h5-7H,4,8-9H2,1-3H3. The summed E-state index contributed by atoms with van der Waals surface area (Å²) in [4.78, 5) is 28.8. The fourth-order valence-corrected chi connectivity index (χ4v) is 3.29. The topological polar surface area (TPSA) is 78.0 Å². The molecule has 0 radical (unpaired) electrons. The number of carbonyl (C=O) groups excluding carboxylic acids is 2. The maximum atomic E-state index is 12.0. The molecule has 0 saturated heterocycles. The van der Waals surface area contributed by atoms with E-state index in [1.165, 1.54) is 23.3 Å². The van der Waals surface area contributed by atoms with Gasteiger partial charge < -0.3 is 14.2 Å². The maximum absolute atomic E-state index is 12.0. The summed E-state index contributed by atoms with van der Waals surface area (Å²) in [7, 11) is 1.26. The van der Waals surface area contributed by atoms with Crippen molar-refractivity contribution in [3.05, 3.63) is 38.3 Å². The summed E-state index contributed by atoms with van der Waals surface area (Å²) in [6.45, 7) is 3.45. The second-order valence-electron chi connectivity index (χ2n) is 5.31. The van der Waals surface area contributed by atoms with Gasteiger partial charge in [0.2, 0.25) is 0 Å². The predicted molar refractivity (Wildman–Crippen MR) is 104 cm³/mol. The van der Waals surface area contributed by atoms with Gasteiger partial charge in [-0.3, -0.25) is 4.79 Å². The number of anilines is 1. The van der Waals surface area contributed by atoms with Gasteiger partial charge in [0.15, 0.2) is 11.9 Å². The van der Waals surface area contributed by atoms with E-state index in [0.29, 0.717) is 20.8 Å². The molecule has 1 amide bonds. The Morgan fingerprint density at radius 2 is 2.04 bits per heavy atom. The number of thiazole rings is 1. The molecular weight excluding hydrogens is 415 g/mol. The number of rotatable bonds is 7. The van der Waals surface area contributed by atoms with Crippen molar-refractivity contribution in [2.24, 2.45) is 0 Å². The summed E-state index contributed by atoms with van der Waals surface area (Å²) >= 11 is 12.9. The number of hydrogen-bond donors (Lipinski definition) is 0. The highest BCUT2D eigenvalue weighted by Gasteiger charge is 2.20. The van der Waals surface area contributed by atoms with Gasteiger partial charge in [0.05, 0.1) is 12.8 Å². The van der Waals surface area contributed by atoms with Crippen molar-refractivity contribution < 1.29 is 23.8 Å². The van der Waals surface area contributed by atoms with E-state index in [2.05, 4.69) is 4.98 Å². The first kappa shape index (κ1) is 21.3. The molecule has 7 nitrogen and oxygen atoms in total. The third-order valence-electron chi connectivity index (χ3n) is 3.45. The number of halogens is 2.